The van der Waals surface area contributed by atoms with Crippen molar-refractivity contribution >= 4 is 44.7 Å². The lowest BCUT2D eigenvalue weighted by Crippen LogP contribution is -2.48. The zero-order valence-corrected chi connectivity index (χ0v) is 18.4. The number of carbonyl (C=O) groups is 1. The summed E-state index contributed by atoms with van der Waals surface area (Å²) in [6, 6.07) is 7.80. The van der Waals surface area contributed by atoms with Crippen LogP contribution in [0.1, 0.15) is 33.9 Å². The van der Waals surface area contributed by atoms with Crippen LogP contribution in [0.2, 0.25) is 5.02 Å². The van der Waals surface area contributed by atoms with Crippen molar-refractivity contribution in [2.75, 3.05) is 31.1 Å². The molecule has 4 heterocycles. The summed E-state index contributed by atoms with van der Waals surface area (Å²) in [7, 11) is 0. The zero-order chi connectivity index (χ0) is 20.8. The van der Waals surface area contributed by atoms with Gasteiger partial charge < -0.3 is 9.80 Å². The van der Waals surface area contributed by atoms with Gasteiger partial charge in [-0.05, 0) is 49.6 Å². The molecule has 1 fully saturated rings. The molecule has 2 aromatic heterocycles. The highest BCUT2D eigenvalue weighted by molar-refractivity contribution is 7.20. The molecule has 156 valence electrons. The fourth-order valence-electron chi connectivity index (χ4n) is 4.40. The Morgan fingerprint density at radius 2 is 1.80 bits per heavy atom. The second-order valence-corrected chi connectivity index (χ2v) is 9.37. The van der Waals surface area contributed by atoms with Crippen LogP contribution in [-0.2, 0) is 13.0 Å². The molecule has 0 aliphatic carbocycles. The molecule has 2 aliphatic rings. The number of amides is 1. The van der Waals surface area contributed by atoms with E-state index in [0.717, 1.165) is 61.0 Å². The van der Waals surface area contributed by atoms with Crippen LogP contribution < -0.4 is 10.5 Å². The molecule has 0 atom stereocenters. The fourth-order valence-corrected chi connectivity index (χ4v) is 5.68. The minimum absolute atomic E-state index is 0.00799. The highest BCUT2D eigenvalue weighted by atomic mass is 35.5. The third kappa shape index (κ3) is 3.30. The lowest BCUT2D eigenvalue weighted by molar-refractivity contribution is 0.0751. The predicted octanol–water partition coefficient (Wildman–Crippen LogP) is 3.72. The molecule has 0 radical (unpaired) electrons. The van der Waals surface area contributed by atoms with E-state index in [4.69, 9.17) is 16.6 Å². The van der Waals surface area contributed by atoms with Crippen LogP contribution in [0, 0.1) is 6.92 Å². The second-order valence-electron chi connectivity index (χ2n) is 7.93. The number of aromatic nitrogens is 2. The normalized spacial score (nSPS) is 16.7. The topological polar surface area (TPSA) is 58.4 Å². The first-order valence-electron chi connectivity index (χ1n) is 10.4. The summed E-state index contributed by atoms with van der Waals surface area (Å²) in [5, 5.41) is 1.34. The summed E-state index contributed by atoms with van der Waals surface area (Å²) in [5.74, 6) is 0.865. The van der Waals surface area contributed by atoms with E-state index in [0.29, 0.717) is 28.2 Å². The standard InChI is InChI=1S/C22H23ClN4O2S/c1-14-18-20(24-17-4-2-3-9-27(17)21(18)28)30-19(14)22(29)26-12-10-25(11-13-26)16-7-5-15(23)6-8-16/h5-8H,2-4,9-13H2,1H3. The van der Waals surface area contributed by atoms with Gasteiger partial charge in [0.2, 0.25) is 0 Å². The first-order chi connectivity index (χ1) is 14.5. The van der Waals surface area contributed by atoms with Crippen molar-refractivity contribution < 1.29 is 4.79 Å². The Balaban J connectivity index is 1.39. The van der Waals surface area contributed by atoms with Crippen molar-refractivity contribution in [3.8, 4) is 0 Å². The molecule has 0 bridgehead atoms. The number of anilines is 1. The summed E-state index contributed by atoms with van der Waals surface area (Å²) < 4.78 is 1.80. The second kappa shape index (κ2) is 7.71. The summed E-state index contributed by atoms with van der Waals surface area (Å²) in [4.78, 5) is 36.5. The first kappa shape index (κ1) is 19.6. The Kier molecular flexibility index (Phi) is 5.03. The molecule has 8 heteroatoms. The maximum absolute atomic E-state index is 13.3. The van der Waals surface area contributed by atoms with Gasteiger partial charge in [-0.2, -0.15) is 0 Å². The number of piperazine rings is 1. The minimum atomic E-state index is 0.00799. The van der Waals surface area contributed by atoms with Crippen LogP contribution in [0.3, 0.4) is 0 Å². The van der Waals surface area contributed by atoms with Crippen molar-refractivity contribution in [3.63, 3.8) is 0 Å². The van der Waals surface area contributed by atoms with Gasteiger partial charge in [-0.1, -0.05) is 11.6 Å². The van der Waals surface area contributed by atoms with E-state index in [9.17, 15) is 9.59 Å². The van der Waals surface area contributed by atoms with Gasteiger partial charge in [0.1, 0.15) is 10.7 Å². The lowest BCUT2D eigenvalue weighted by Gasteiger charge is -2.36. The smallest absolute Gasteiger partial charge is 0.264 e. The molecule has 0 N–H and O–H groups in total. The maximum atomic E-state index is 13.3. The highest BCUT2D eigenvalue weighted by Gasteiger charge is 2.27. The van der Waals surface area contributed by atoms with Crippen molar-refractivity contribution in [3.05, 3.63) is 55.9 Å². The summed E-state index contributed by atoms with van der Waals surface area (Å²) in [6.45, 7) is 5.45. The number of carbonyl (C=O) groups excluding carboxylic acids is 1. The van der Waals surface area contributed by atoms with Crippen molar-refractivity contribution in [1.29, 1.82) is 0 Å². The molecule has 1 saturated heterocycles. The van der Waals surface area contributed by atoms with Crippen LogP contribution in [0.5, 0.6) is 0 Å². The summed E-state index contributed by atoms with van der Waals surface area (Å²) in [5.41, 5.74) is 1.90. The van der Waals surface area contributed by atoms with E-state index < -0.39 is 0 Å². The van der Waals surface area contributed by atoms with E-state index in [-0.39, 0.29) is 11.5 Å². The average Bonchev–Trinajstić information content (AvgIpc) is 3.10. The lowest BCUT2D eigenvalue weighted by atomic mass is 10.1. The van der Waals surface area contributed by atoms with Crippen molar-refractivity contribution in [2.24, 2.45) is 0 Å². The molecule has 3 aromatic rings. The van der Waals surface area contributed by atoms with Crippen LogP contribution in [0.4, 0.5) is 5.69 Å². The molecular formula is C22H23ClN4O2S. The third-order valence-corrected chi connectivity index (χ3v) is 7.54. The molecule has 30 heavy (non-hydrogen) atoms. The number of halogens is 1. The molecule has 0 unspecified atom stereocenters. The Labute approximate surface area is 183 Å². The molecule has 6 nitrogen and oxygen atoms in total. The number of hydrogen-bond acceptors (Lipinski definition) is 5. The molecule has 1 aromatic carbocycles. The molecule has 1 amide bonds. The van der Waals surface area contributed by atoms with Crippen LogP contribution >= 0.6 is 22.9 Å². The number of thiophene rings is 1. The van der Waals surface area contributed by atoms with Gasteiger partial charge in [0.25, 0.3) is 11.5 Å². The SMILES string of the molecule is Cc1c(C(=O)N2CCN(c3ccc(Cl)cc3)CC2)sc2nc3n(c(=O)c12)CCCC3. The highest BCUT2D eigenvalue weighted by Crippen LogP contribution is 2.30. The first-order valence-corrected chi connectivity index (χ1v) is 11.5. The van der Waals surface area contributed by atoms with E-state index >= 15 is 0 Å². The number of nitrogens with zero attached hydrogens (tertiary/aromatic N) is 4. The van der Waals surface area contributed by atoms with Crippen LogP contribution in [0.25, 0.3) is 10.2 Å². The van der Waals surface area contributed by atoms with E-state index in [1.807, 2.05) is 36.1 Å². The number of hydrogen-bond donors (Lipinski definition) is 0. The molecule has 2 aliphatic heterocycles. The molecule has 0 saturated carbocycles. The number of fused-ring (bicyclic) bond motifs is 2. The number of rotatable bonds is 2. The van der Waals surface area contributed by atoms with Crippen LogP contribution in [-0.4, -0.2) is 46.5 Å². The monoisotopic (exact) mass is 442 g/mol. The average molecular weight is 443 g/mol. The van der Waals surface area contributed by atoms with Gasteiger partial charge in [0.05, 0.1) is 10.3 Å². The van der Waals surface area contributed by atoms with Crippen LogP contribution in [0.15, 0.2) is 29.1 Å². The van der Waals surface area contributed by atoms with Gasteiger partial charge in [0.15, 0.2) is 0 Å². The number of benzene rings is 1. The Morgan fingerprint density at radius 3 is 2.53 bits per heavy atom. The quantitative estimate of drug-likeness (QED) is 0.607. The fraction of sp³-hybridized carbons (Fsp3) is 0.409. The Morgan fingerprint density at radius 1 is 1.07 bits per heavy atom. The Bertz CT molecular complexity index is 1180. The van der Waals surface area contributed by atoms with Crippen molar-refractivity contribution in [1.82, 2.24) is 14.5 Å². The molecule has 0 spiro atoms. The Hall–Kier alpha value is -2.38. The number of aryl methyl sites for hydroxylation is 2. The zero-order valence-electron chi connectivity index (χ0n) is 16.9. The van der Waals surface area contributed by atoms with E-state index in [1.165, 1.54) is 11.3 Å². The summed E-state index contributed by atoms with van der Waals surface area (Å²) in [6.07, 6.45) is 2.90. The van der Waals surface area contributed by atoms with E-state index in [2.05, 4.69) is 4.90 Å². The van der Waals surface area contributed by atoms with Gasteiger partial charge >= 0.3 is 0 Å². The minimum Gasteiger partial charge on any atom is -0.368 e. The third-order valence-electron chi connectivity index (χ3n) is 6.11. The molecule has 5 rings (SSSR count). The predicted molar refractivity (Wildman–Crippen MR) is 121 cm³/mol. The maximum Gasteiger partial charge on any atom is 0.264 e. The van der Waals surface area contributed by atoms with Gasteiger partial charge in [-0.3, -0.25) is 14.2 Å². The largest absolute Gasteiger partial charge is 0.368 e. The van der Waals surface area contributed by atoms with Gasteiger partial charge in [0, 0.05) is 49.9 Å². The van der Waals surface area contributed by atoms with Gasteiger partial charge in [-0.15, -0.1) is 11.3 Å². The molecular weight excluding hydrogens is 420 g/mol. The van der Waals surface area contributed by atoms with E-state index in [1.54, 1.807) is 4.57 Å². The summed E-state index contributed by atoms with van der Waals surface area (Å²) >= 11 is 7.35. The van der Waals surface area contributed by atoms with Crippen molar-refractivity contribution in [2.45, 2.75) is 32.7 Å². The van der Waals surface area contributed by atoms with Gasteiger partial charge in [-0.25, -0.2) is 4.98 Å².